The van der Waals surface area contributed by atoms with Crippen molar-refractivity contribution in [3.63, 3.8) is 0 Å². The van der Waals surface area contributed by atoms with Crippen LogP contribution in [0.25, 0.3) is 11.4 Å². The zero-order valence-corrected chi connectivity index (χ0v) is 14.7. The normalized spacial score (nSPS) is 22.7. The molecule has 0 saturated carbocycles. The number of imidazole rings is 1. The first-order valence-corrected chi connectivity index (χ1v) is 8.74. The summed E-state index contributed by atoms with van der Waals surface area (Å²) in [5.41, 5.74) is 2.38. The highest BCUT2D eigenvalue weighted by Gasteiger charge is 2.41. The van der Waals surface area contributed by atoms with Gasteiger partial charge in [0.1, 0.15) is 17.2 Å². The van der Waals surface area contributed by atoms with Gasteiger partial charge in [0.15, 0.2) is 0 Å². The number of aromatic nitrogens is 2. The van der Waals surface area contributed by atoms with Gasteiger partial charge in [-0.05, 0) is 31.9 Å². The van der Waals surface area contributed by atoms with Crippen molar-refractivity contribution in [1.82, 2.24) is 14.9 Å². The van der Waals surface area contributed by atoms with E-state index >= 15 is 0 Å². The zero-order chi connectivity index (χ0) is 17.4. The van der Waals surface area contributed by atoms with Gasteiger partial charge >= 0.3 is 0 Å². The third kappa shape index (κ3) is 2.91. The average molecular weight is 341 g/mol. The third-order valence-electron chi connectivity index (χ3n) is 5.13. The molecular formula is C19H23N3O3. The Kier molecular flexibility index (Phi) is 4.00. The Morgan fingerprint density at radius 2 is 2.32 bits per heavy atom. The predicted molar refractivity (Wildman–Crippen MR) is 93.3 cm³/mol. The van der Waals surface area contributed by atoms with Gasteiger partial charge in [-0.1, -0.05) is 12.1 Å². The molecule has 0 bridgehead atoms. The van der Waals surface area contributed by atoms with E-state index in [-0.39, 0.29) is 5.91 Å². The number of carbonyl (C=O) groups excluding carboxylic acids is 1. The number of hydrogen-bond acceptors (Lipinski definition) is 4. The highest BCUT2D eigenvalue weighted by molar-refractivity contribution is 5.85. The molecule has 0 aliphatic carbocycles. The monoisotopic (exact) mass is 341 g/mol. The topological polar surface area (TPSA) is 67.5 Å². The molecule has 4 rings (SSSR count). The van der Waals surface area contributed by atoms with E-state index in [1.807, 2.05) is 36.1 Å². The standard InChI is InChI=1S/C19H23N3O3/c1-19(8-4-10-25-19)18(23)22-9-7-15-16(12-22)21-17(20-15)13-5-3-6-14(11-13)24-2/h3,5-6,11H,4,7-10,12H2,1-2H3,(H,20,21). The molecule has 1 fully saturated rings. The van der Waals surface area contributed by atoms with Crippen molar-refractivity contribution in [3.05, 3.63) is 35.7 Å². The highest BCUT2D eigenvalue weighted by Crippen LogP contribution is 2.30. The number of carbonyl (C=O) groups is 1. The first-order valence-electron chi connectivity index (χ1n) is 8.74. The van der Waals surface area contributed by atoms with Crippen molar-refractivity contribution in [3.8, 4) is 17.1 Å². The van der Waals surface area contributed by atoms with Crippen LogP contribution in [0, 0.1) is 0 Å². The highest BCUT2D eigenvalue weighted by atomic mass is 16.5. The maximum Gasteiger partial charge on any atom is 0.254 e. The Bertz CT molecular complexity index is 793. The fraction of sp³-hybridized carbons (Fsp3) is 0.474. The summed E-state index contributed by atoms with van der Waals surface area (Å²) in [4.78, 5) is 22.8. The molecule has 1 amide bonds. The third-order valence-corrected chi connectivity index (χ3v) is 5.13. The number of hydrogen-bond donors (Lipinski definition) is 1. The van der Waals surface area contributed by atoms with Crippen LogP contribution in [-0.2, 0) is 22.5 Å². The summed E-state index contributed by atoms with van der Waals surface area (Å²) in [7, 11) is 1.65. The summed E-state index contributed by atoms with van der Waals surface area (Å²) >= 11 is 0. The Morgan fingerprint density at radius 1 is 1.44 bits per heavy atom. The van der Waals surface area contributed by atoms with Crippen LogP contribution < -0.4 is 4.74 Å². The molecule has 6 nitrogen and oxygen atoms in total. The molecule has 3 heterocycles. The van der Waals surface area contributed by atoms with Crippen LogP contribution in [0.5, 0.6) is 5.75 Å². The summed E-state index contributed by atoms with van der Waals surface area (Å²) in [5, 5.41) is 0. The lowest BCUT2D eigenvalue weighted by atomic mass is 9.99. The van der Waals surface area contributed by atoms with E-state index in [1.54, 1.807) is 7.11 Å². The number of benzene rings is 1. The predicted octanol–water partition coefficient (Wildman–Crippen LogP) is 2.54. The Hall–Kier alpha value is -2.34. The van der Waals surface area contributed by atoms with Crippen molar-refractivity contribution >= 4 is 5.91 Å². The minimum atomic E-state index is -0.660. The van der Waals surface area contributed by atoms with Crippen LogP contribution >= 0.6 is 0 Å². The molecule has 0 radical (unpaired) electrons. The number of nitrogens with one attached hydrogen (secondary N) is 1. The van der Waals surface area contributed by atoms with Crippen molar-refractivity contribution in [2.75, 3.05) is 20.3 Å². The average Bonchev–Trinajstić information content (AvgIpc) is 3.27. The van der Waals surface area contributed by atoms with Gasteiger partial charge in [-0.3, -0.25) is 4.79 Å². The van der Waals surface area contributed by atoms with Crippen molar-refractivity contribution in [2.24, 2.45) is 0 Å². The molecule has 25 heavy (non-hydrogen) atoms. The molecule has 2 aliphatic heterocycles. The number of amides is 1. The van der Waals surface area contributed by atoms with Gasteiger partial charge in [-0.15, -0.1) is 0 Å². The van der Waals surface area contributed by atoms with Crippen LogP contribution in [0.2, 0.25) is 0 Å². The van der Waals surface area contributed by atoms with Crippen molar-refractivity contribution in [1.29, 1.82) is 0 Å². The van der Waals surface area contributed by atoms with Crippen LogP contribution in [0.3, 0.4) is 0 Å². The van der Waals surface area contributed by atoms with Gasteiger partial charge in [0.05, 0.1) is 25.0 Å². The summed E-state index contributed by atoms with van der Waals surface area (Å²) < 4.78 is 11.0. The first kappa shape index (κ1) is 16.1. The molecule has 1 aromatic carbocycles. The van der Waals surface area contributed by atoms with Crippen LogP contribution in [-0.4, -0.2) is 46.6 Å². The van der Waals surface area contributed by atoms with E-state index in [4.69, 9.17) is 14.5 Å². The molecule has 1 aromatic heterocycles. The van der Waals surface area contributed by atoms with Crippen LogP contribution in [0.4, 0.5) is 0 Å². The lowest BCUT2D eigenvalue weighted by molar-refractivity contribution is -0.152. The fourth-order valence-corrected chi connectivity index (χ4v) is 3.66. The number of aromatic amines is 1. The number of nitrogens with zero attached hydrogens (tertiary/aromatic N) is 2. The lowest BCUT2D eigenvalue weighted by Gasteiger charge is -2.33. The first-order chi connectivity index (χ1) is 12.1. The van der Waals surface area contributed by atoms with E-state index in [1.165, 1.54) is 0 Å². The number of rotatable bonds is 3. The second-order valence-electron chi connectivity index (χ2n) is 6.90. The van der Waals surface area contributed by atoms with Gasteiger partial charge in [-0.2, -0.15) is 0 Å². The van der Waals surface area contributed by atoms with E-state index in [9.17, 15) is 4.79 Å². The van der Waals surface area contributed by atoms with Crippen LogP contribution in [0.1, 0.15) is 31.2 Å². The maximum absolute atomic E-state index is 12.8. The molecule has 2 aliphatic rings. The molecule has 1 unspecified atom stereocenters. The van der Waals surface area contributed by atoms with Gasteiger partial charge in [0.25, 0.3) is 5.91 Å². The maximum atomic E-state index is 12.8. The molecular weight excluding hydrogens is 318 g/mol. The smallest absolute Gasteiger partial charge is 0.254 e. The SMILES string of the molecule is COc1cccc(-c2nc3c([nH]2)CN(C(=O)C2(C)CCCO2)CC3)c1. The molecule has 2 aromatic rings. The van der Waals surface area contributed by atoms with E-state index < -0.39 is 5.60 Å². The minimum absolute atomic E-state index is 0.0909. The van der Waals surface area contributed by atoms with E-state index in [0.717, 1.165) is 47.8 Å². The molecule has 6 heteroatoms. The Labute approximate surface area is 147 Å². The zero-order valence-electron chi connectivity index (χ0n) is 14.7. The summed E-state index contributed by atoms with van der Waals surface area (Å²) in [6.45, 7) is 3.83. The number of methoxy groups -OCH3 is 1. The molecule has 132 valence electrons. The molecule has 1 saturated heterocycles. The fourth-order valence-electron chi connectivity index (χ4n) is 3.66. The quantitative estimate of drug-likeness (QED) is 0.932. The van der Waals surface area contributed by atoms with Crippen molar-refractivity contribution < 1.29 is 14.3 Å². The number of fused-ring (bicyclic) bond motifs is 1. The molecule has 1 N–H and O–H groups in total. The number of ether oxygens (including phenoxy) is 2. The van der Waals surface area contributed by atoms with E-state index in [2.05, 4.69) is 4.98 Å². The van der Waals surface area contributed by atoms with Crippen LogP contribution in [0.15, 0.2) is 24.3 Å². The van der Waals surface area contributed by atoms with Gasteiger partial charge in [-0.25, -0.2) is 4.98 Å². The lowest BCUT2D eigenvalue weighted by Crippen LogP contribution is -2.48. The van der Waals surface area contributed by atoms with Gasteiger partial charge in [0.2, 0.25) is 0 Å². The number of H-pyrrole nitrogens is 1. The van der Waals surface area contributed by atoms with Gasteiger partial charge < -0.3 is 19.4 Å². The second-order valence-corrected chi connectivity index (χ2v) is 6.90. The van der Waals surface area contributed by atoms with Gasteiger partial charge in [0, 0.05) is 25.1 Å². The Morgan fingerprint density at radius 3 is 3.08 bits per heavy atom. The molecule has 0 spiro atoms. The second kappa shape index (κ2) is 6.19. The summed E-state index contributed by atoms with van der Waals surface area (Å²) in [5.74, 6) is 1.71. The largest absolute Gasteiger partial charge is 0.497 e. The minimum Gasteiger partial charge on any atom is -0.497 e. The molecule has 1 atom stereocenters. The van der Waals surface area contributed by atoms with E-state index in [0.29, 0.717) is 19.7 Å². The van der Waals surface area contributed by atoms with Crippen molar-refractivity contribution in [2.45, 2.75) is 38.3 Å². The summed E-state index contributed by atoms with van der Waals surface area (Å²) in [6.07, 6.45) is 2.51. The summed E-state index contributed by atoms with van der Waals surface area (Å²) in [6, 6.07) is 7.82. The Balaban J connectivity index is 1.56.